The van der Waals surface area contributed by atoms with Crippen LogP contribution < -0.4 is 0 Å². The van der Waals surface area contributed by atoms with Gasteiger partial charge in [0.2, 0.25) is 0 Å². The Morgan fingerprint density at radius 1 is 0.460 bits per heavy atom. The Labute approximate surface area is 294 Å². The Kier molecular flexibility index (Phi) is 8.35. The van der Waals surface area contributed by atoms with Crippen molar-refractivity contribution in [3.05, 3.63) is 198 Å². The molecule has 2 heterocycles. The van der Waals surface area contributed by atoms with Gasteiger partial charge in [0.05, 0.1) is 22.8 Å². The molecule has 1 aliphatic heterocycles. The SMILES string of the molecule is CCc1ccccc1-c1nc(-c2ccccc2)c(-c2ccccc2)n1C1(c2ccccc2CC)N=C(c2ccccc2)C(c2ccccc2)=N1. The van der Waals surface area contributed by atoms with Crippen LogP contribution in [0.5, 0.6) is 0 Å². The summed E-state index contributed by atoms with van der Waals surface area (Å²) in [5.74, 6) is -0.384. The van der Waals surface area contributed by atoms with E-state index in [0.717, 1.165) is 74.9 Å². The predicted molar refractivity (Wildman–Crippen MR) is 207 cm³/mol. The number of aromatic nitrogens is 2. The van der Waals surface area contributed by atoms with Gasteiger partial charge < -0.3 is 0 Å². The molecule has 1 aromatic heterocycles. The highest BCUT2D eigenvalue weighted by molar-refractivity contribution is 6.54. The van der Waals surface area contributed by atoms with E-state index >= 15 is 0 Å². The van der Waals surface area contributed by atoms with Gasteiger partial charge in [0, 0.05) is 33.4 Å². The summed E-state index contributed by atoms with van der Waals surface area (Å²) in [6, 6.07) is 59.3. The molecule has 0 unspecified atom stereocenters. The molecule has 0 saturated heterocycles. The highest BCUT2D eigenvalue weighted by atomic mass is 15.4. The van der Waals surface area contributed by atoms with Crippen LogP contribution in [-0.4, -0.2) is 21.0 Å². The number of aliphatic imine (C=N–C) groups is 2. The summed E-state index contributed by atoms with van der Waals surface area (Å²) in [5.41, 5.74) is 12.2. The molecule has 1 aliphatic rings. The second kappa shape index (κ2) is 13.4. The summed E-state index contributed by atoms with van der Waals surface area (Å²) < 4.78 is 2.34. The number of hydrogen-bond acceptors (Lipinski definition) is 3. The molecule has 6 aromatic carbocycles. The monoisotopic (exact) mass is 646 g/mol. The van der Waals surface area contributed by atoms with Crippen molar-refractivity contribution in [1.82, 2.24) is 9.55 Å². The molecule has 0 saturated carbocycles. The van der Waals surface area contributed by atoms with Crippen LogP contribution in [0.2, 0.25) is 0 Å². The van der Waals surface area contributed by atoms with Crippen molar-refractivity contribution in [3.8, 4) is 33.9 Å². The first-order chi connectivity index (χ1) is 24.7. The molecule has 7 aromatic rings. The Morgan fingerprint density at radius 3 is 1.44 bits per heavy atom. The second-order valence-corrected chi connectivity index (χ2v) is 12.5. The summed E-state index contributed by atoms with van der Waals surface area (Å²) in [6.07, 6.45) is 1.69. The zero-order chi connectivity index (χ0) is 33.9. The third-order valence-corrected chi connectivity index (χ3v) is 9.54. The molecule has 0 amide bonds. The Morgan fingerprint density at radius 2 is 0.900 bits per heavy atom. The quantitative estimate of drug-likeness (QED) is 0.154. The van der Waals surface area contributed by atoms with Crippen LogP contribution in [0.25, 0.3) is 33.9 Å². The number of benzene rings is 6. The second-order valence-electron chi connectivity index (χ2n) is 12.5. The Hall–Kier alpha value is -6.13. The van der Waals surface area contributed by atoms with Crippen LogP contribution in [0, 0.1) is 0 Å². The molecule has 4 heteroatoms. The van der Waals surface area contributed by atoms with Crippen LogP contribution in [0.3, 0.4) is 0 Å². The van der Waals surface area contributed by atoms with Crippen molar-refractivity contribution in [2.24, 2.45) is 9.98 Å². The molecule has 0 atom stereocenters. The molecule has 0 bridgehead atoms. The number of rotatable bonds is 9. The summed E-state index contributed by atoms with van der Waals surface area (Å²) in [6.45, 7) is 4.41. The lowest BCUT2D eigenvalue weighted by atomic mass is 9.97. The first kappa shape index (κ1) is 31.2. The fourth-order valence-corrected chi connectivity index (χ4v) is 7.14. The lowest BCUT2D eigenvalue weighted by Crippen LogP contribution is -2.32. The van der Waals surface area contributed by atoms with E-state index in [9.17, 15) is 0 Å². The van der Waals surface area contributed by atoms with Crippen LogP contribution in [-0.2, 0) is 18.6 Å². The van der Waals surface area contributed by atoms with E-state index in [1.165, 1.54) is 11.1 Å². The highest BCUT2D eigenvalue weighted by Gasteiger charge is 2.46. The van der Waals surface area contributed by atoms with Gasteiger partial charge in [-0.1, -0.05) is 184 Å². The van der Waals surface area contributed by atoms with Crippen molar-refractivity contribution >= 4 is 11.4 Å². The van der Waals surface area contributed by atoms with E-state index in [1.54, 1.807) is 0 Å². The Bertz CT molecular complexity index is 2260. The molecule has 8 rings (SSSR count). The first-order valence-electron chi connectivity index (χ1n) is 17.4. The average molecular weight is 647 g/mol. The zero-order valence-corrected chi connectivity index (χ0v) is 28.4. The van der Waals surface area contributed by atoms with Crippen LogP contribution in [0.1, 0.15) is 41.7 Å². The van der Waals surface area contributed by atoms with E-state index in [1.807, 2.05) is 12.1 Å². The van der Waals surface area contributed by atoms with Gasteiger partial charge in [0.25, 0.3) is 5.79 Å². The summed E-state index contributed by atoms with van der Waals surface area (Å²) in [7, 11) is 0. The van der Waals surface area contributed by atoms with Gasteiger partial charge in [0.15, 0.2) is 0 Å². The van der Waals surface area contributed by atoms with Gasteiger partial charge in [-0.05, 0) is 24.0 Å². The van der Waals surface area contributed by atoms with E-state index in [-0.39, 0.29) is 0 Å². The van der Waals surface area contributed by atoms with Crippen LogP contribution in [0.4, 0.5) is 0 Å². The van der Waals surface area contributed by atoms with E-state index in [2.05, 4.69) is 176 Å². The van der Waals surface area contributed by atoms with E-state index in [0.29, 0.717) is 0 Å². The van der Waals surface area contributed by atoms with Gasteiger partial charge in [-0.2, -0.15) is 0 Å². The van der Waals surface area contributed by atoms with Gasteiger partial charge in [-0.15, -0.1) is 0 Å². The van der Waals surface area contributed by atoms with Gasteiger partial charge >= 0.3 is 0 Å². The molecule has 0 aliphatic carbocycles. The average Bonchev–Trinajstić information content (AvgIpc) is 3.80. The largest absolute Gasteiger partial charge is 0.275 e. The first-order valence-corrected chi connectivity index (χ1v) is 17.4. The zero-order valence-electron chi connectivity index (χ0n) is 28.4. The molecule has 0 spiro atoms. The van der Waals surface area contributed by atoms with Gasteiger partial charge in [-0.25, -0.2) is 15.0 Å². The molecular formula is C46H38N4. The lowest BCUT2D eigenvalue weighted by molar-refractivity contribution is 0.405. The molecule has 0 fully saturated rings. The predicted octanol–water partition coefficient (Wildman–Crippen LogP) is 10.7. The summed E-state index contributed by atoms with van der Waals surface area (Å²) >= 11 is 0. The summed E-state index contributed by atoms with van der Waals surface area (Å²) in [4.78, 5) is 17.4. The van der Waals surface area contributed by atoms with Crippen LogP contribution in [0.15, 0.2) is 180 Å². The number of nitrogens with zero attached hydrogens (tertiary/aromatic N) is 4. The minimum absolute atomic E-state index is 0.825. The third-order valence-electron chi connectivity index (χ3n) is 9.54. The van der Waals surface area contributed by atoms with Crippen molar-refractivity contribution in [2.45, 2.75) is 32.5 Å². The van der Waals surface area contributed by atoms with Gasteiger partial charge in [0.1, 0.15) is 5.82 Å². The van der Waals surface area contributed by atoms with Crippen molar-refractivity contribution in [2.75, 3.05) is 0 Å². The lowest BCUT2D eigenvalue weighted by Gasteiger charge is -2.31. The topological polar surface area (TPSA) is 42.5 Å². The fraction of sp³-hybridized carbons (Fsp3) is 0.109. The highest BCUT2D eigenvalue weighted by Crippen LogP contribution is 2.47. The molecule has 4 nitrogen and oxygen atoms in total. The minimum Gasteiger partial charge on any atom is -0.275 e. The fourth-order valence-electron chi connectivity index (χ4n) is 7.14. The number of aryl methyl sites for hydroxylation is 2. The van der Waals surface area contributed by atoms with Crippen molar-refractivity contribution in [3.63, 3.8) is 0 Å². The maximum atomic E-state index is 5.87. The number of imidazole rings is 1. The Balaban J connectivity index is 1.60. The standard InChI is InChI=1S/C46H38N4/c1-3-33-21-17-19-31-39(33)45-47-43(37-27-13-7-14-28-37)44(38-29-15-8-16-30-38)50(45)46(40-32-20-18-22-34(40)4-2)48-41(35-23-9-5-10-24-35)42(49-46)36-25-11-6-12-26-36/h5-32H,3-4H2,1-2H3. The van der Waals surface area contributed by atoms with E-state index in [4.69, 9.17) is 15.0 Å². The molecule has 0 radical (unpaired) electrons. The minimum atomic E-state index is -1.22. The maximum Gasteiger partial charge on any atom is 0.261 e. The maximum absolute atomic E-state index is 5.87. The van der Waals surface area contributed by atoms with Crippen molar-refractivity contribution in [1.29, 1.82) is 0 Å². The molecular weight excluding hydrogens is 609 g/mol. The molecule has 0 N–H and O–H groups in total. The molecule has 50 heavy (non-hydrogen) atoms. The summed E-state index contributed by atoms with van der Waals surface area (Å²) in [5, 5.41) is 0. The normalized spacial score (nSPS) is 13.6. The number of hydrogen-bond donors (Lipinski definition) is 0. The smallest absolute Gasteiger partial charge is 0.261 e. The van der Waals surface area contributed by atoms with Crippen molar-refractivity contribution < 1.29 is 0 Å². The third kappa shape index (κ3) is 5.39. The van der Waals surface area contributed by atoms with Crippen LogP contribution >= 0.6 is 0 Å². The van der Waals surface area contributed by atoms with Gasteiger partial charge in [-0.3, -0.25) is 4.57 Å². The van der Waals surface area contributed by atoms with E-state index < -0.39 is 5.79 Å². The molecule has 242 valence electrons.